The zero-order valence-electron chi connectivity index (χ0n) is 8.55. The molecule has 0 aromatic carbocycles. The first-order valence-corrected chi connectivity index (χ1v) is 5.65. The fourth-order valence-electron chi connectivity index (χ4n) is 2.50. The Morgan fingerprint density at radius 1 is 1.31 bits per heavy atom. The van der Waals surface area contributed by atoms with E-state index in [9.17, 15) is 5.11 Å². The molecule has 2 nitrogen and oxygen atoms in total. The van der Waals surface area contributed by atoms with Crippen LogP contribution in [-0.4, -0.2) is 23.3 Å². The molecule has 2 unspecified atom stereocenters. The molecule has 0 aromatic heterocycles. The lowest BCUT2D eigenvalue weighted by Gasteiger charge is -2.37. The van der Waals surface area contributed by atoms with E-state index in [1.807, 2.05) is 0 Å². The van der Waals surface area contributed by atoms with Gasteiger partial charge < -0.3 is 10.4 Å². The van der Waals surface area contributed by atoms with Crippen LogP contribution in [0.2, 0.25) is 0 Å². The molecule has 2 N–H and O–H groups in total. The molecule has 2 rings (SSSR count). The highest BCUT2D eigenvalue weighted by molar-refractivity contribution is 4.90. The van der Waals surface area contributed by atoms with Crippen molar-refractivity contribution in [1.82, 2.24) is 5.32 Å². The van der Waals surface area contributed by atoms with E-state index in [4.69, 9.17) is 0 Å². The first-order valence-electron chi connectivity index (χ1n) is 5.65. The summed E-state index contributed by atoms with van der Waals surface area (Å²) in [5, 5.41) is 13.6. The summed E-state index contributed by atoms with van der Waals surface area (Å²) in [4.78, 5) is 0. The predicted molar refractivity (Wildman–Crippen MR) is 53.6 cm³/mol. The fourth-order valence-corrected chi connectivity index (χ4v) is 2.50. The van der Waals surface area contributed by atoms with Crippen molar-refractivity contribution in [3.63, 3.8) is 0 Å². The van der Waals surface area contributed by atoms with E-state index >= 15 is 0 Å². The molecular weight excluding hydrogens is 162 g/mol. The van der Waals surface area contributed by atoms with Crippen LogP contribution in [0.5, 0.6) is 0 Å². The molecule has 2 aliphatic carbocycles. The molecule has 2 saturated carbocycles. The SMILES string of the molecule is CC1CCC1NCC1(O)CCCC1. The summed E-state index contributed by atoms with van der Waals surface area (Å²) in [6, 6.07) is 0.685. The molecule has 0 radical (unpaired) electrons. The monoisotopic (exact) mass is 183 g/mol. The van der Waals surface area contributed by atoms with Gasteiger partial charge in [-0.15, -0.1) is 0 Å². The van der Waals surface area contributed by atoms with E-state index in [1.165, 1.54) is 25.7 Å². The lowest BCUT2D eigenvalue weighted by atomic mass is 9.81. The van der Waals surface area contributed by atoms with Crippen LogP contribution in [0.4, 0.5) is 0 Å². The molecular formula is C11H21NO. The lowest BCUT2D eigenvalue weighted by Crippen LogP contribution is -2.49. The van der Waals surface area contributed by atoms with E-state index in [-0.39, 0.29) is 5.60 Å². The van der Waals surface area contributed by atoms with Crippen LogP contribution in [-0.2, 0) is 0 Å². The smallest absolute Gasteiger partial charge is 0.0771 e. The summed E-state index contributed by atoms with van der Waals surface area (Å²) in [7, 11) is 0. The van der Waals surface area contributed by atoms with Crippen molar-refractivity contribution in [3.8, 4) is 0 Å². The van der Waals surface area contributed by atoms with Gasteiger partial charge in [-0.1, -0.05) is 19.8 Å². The summed E-state index contributed by atoms with van der Waals surface area (Å²) in [6.07, 6.45) is 7.08. The largest absolute Gasteiger partial charge is 0.389 e. The first-order chi connectivity index (χ1) is 6.20. The van der Waals surface area contributed by atoms with Crippen LogP contribution in [0, 0.1) is 5.92 Å². The molecule has 0 bridgehead atoms. The Labute approximate surface area is 80.7 Å². The summed E-state index contributed by atoms with van der Waals surface area (Å²) in [5.41, 5.74) is -0.366. The minimum absolute atomic E-state index is 0.366. The maximum absolute atomic E-state index is 10.1. The van der Waals surface area contributed by atoms with E-state index in [1.54, 1.807) is 0 Å². The molecule has 2 heteroatoms. The predicted octanol–water partition coefficient (Wildman–Crippen LogP) is 1.68. The molecule has 0 spiro atoms. The topological polar surface area (TPSA) is 32.3 Å². The van der Waals surface area contributed by atoms with Crippen molar-refractivity contribution >= 4 is 0 Å². The number of rotatable bonds is 3. The molecule has 2 fully saturated rings. The third-order valence-corrected chi connectivity index (χ3v) is 3.85. The minimum atomic E-state index is -0.366. The van der Waals surface area contributed by atoms with Crippen LogP contribution in [0.1, 0.15) is 45.4 Å². The van der Waals surface area contributed by atoms with Crippen LogP contribution < -0.4 is 5.32 Å². The molecule has 0 saturated heterocycles. The lowest BCUT2D eigenvalue weighted by molar-refractivity contribution is 0.0374. The second-order valence-corrected chi connectivity index (χ2v) is 4.97. The normalized spacial score (nSPS) is 37.4. The maximum Gasteiger partial charge on any atom is 0.0771 e. The molecule has 0 aromatic rings. The van der Waals surface area contributed by atoms with Crippen molar-refractivity contribution in [2.75, 3.05) is 6.54 Å². The molecule has 76 valence electrons. The molecule has 13 heavy (non-hydrogen) atoms. The molecule has 0 heterocycles. The van der Waals surface area contributed by atoms with E-state index in [0.29, 0.717) is 6.04 Å². The number of hydrogen-bond donors (Lipinski definition) is 2. The molecule has 0 aliphatic heterocycles. The van der Waals surface area contributed by atoms with Crippen molar-refractivity contribution in [1.29, 1.82) is 0 Å². The van der Waals surface area contributed by atoms with E-state index in [0.717, 1.165) is 25.3 Å². The van der Waals surface area contributed by atoms with Crippen molar-refractivity contribution in [2.24, 2.45) is 5.92 Å². The summed E-state index contributed by atoms with van der Waals surface area (Å²) >= 11 is 0. The van der Waals surface area contributed by atoms with Gasteiger partial charge in [0.25, 0.3) is 0 Å². The molecule has 0 amide bonds. The zero-order valence-corrected chi connectivity index (χ0v) is 8.55. The average Bonchev–Trinajstić information content (AvgIpc) is 2.50. The molecule has 2 atom stereocenters. The average molecular weight is 183 g/mol. The van der Waals surface area contributed by atoms with Crippen LogP contribution >= 0.6 is 0 Å². The second kappa shape index (κ2) is 3.58. The Morgan fingerprint density at radius 3 is 2.46 bits per heavy atom. The van der Waals surface area contributed by atoms with Gasteiger partial charge in [0.2, 0.25) is 0 Å². The first kappa shape index (κ1) is 9.47. The zero-order chi connectivity index (χ0) is 9.31. The van der Waals surface area contributed by atoms with Gasteiger partial charge in [-0.3, -0.25) is 0 Å². The van der Waals surface area contributed by atoms with E-state index in [2.05, 4.69) is 12.2 Å². The maximum atomic E-state index is 10.1. The quantitative estimate of drug-likeness (QED) is 0.697. The summed E-state index contributed by atoms with van der Waals surface area (Å²) in [6.45, 7) is 3.11. The Kier molecular flexibility index (Phi) is 2.61. The second-order valence-electron chi connectivity index (χ2n) is 4.97. The summed E-state index contributed by atoms with van der Waals surface area (Å²) in [5.74, 6) is 0.824. The highest BCUT2D eigenvalue weighted by Crippen LogP contribution is 2.31. The van der Waals surface area contributed by atoms with E-state index < -0.39 is 0 Å². The highest BCUT2D eigenvalue weighted by Gasteiger charge is 2.33. The van der Waals surface area contributed by atoms with Crippen LogP contribution in [0.25, 0.3) is 0 Å². The Hall–Kier alpha value is -0.0800. The van der Waals surface area contributed by atoms with Crippen molar-refractivity contribution in [2.45, 2.75) is 57.1 Å². The van der Waals surface area contributed by atoms with Crippen molar-refractivity contribution < 1.29 is 5.11 Å². The van der Waals surface area contributed by atoms with Crippen molar-refractivity contribution in [3.05, 3.63) is 0 Å². The van der Waals surface area contributed by atoms with Gasteiger partial charge in [0, 0.05) is 12.6 Å². The third-order valence-electron chi connectivity index (χ3n) is 3.85. The van der Waals surface area contributed by atoms with Crippen LogP contribution in [0.15, 0.2) is 0 Å². The third kappa shape index (κ3) is 2.05. The fraction of sp³-hybridized carbons (Fsp3) is 1.00. The van der Waals surface area contributed by atoms with Crippen LogP contribution in [0.3, 0.4) is 0 Å². The van der Waals surface area contributed by atoms with Gasteiger partial charge >= 0.3 is 0 Å². The van der Waals surface area contributed by atoms with Gasteiger partial charge in [0.1, 0.15) is 0 Å². The number of hydrogen-bond acceptors (Lipinski definition) is 2. The number of aliphatic hydroxyl groups is 1. The van der Waals surface area contributed by atoms with Gasteiger partial charge in [0.15, 0.2) is 0 Å². The standard InChI is InChI=1S/C11H21NO/c1-9-4-5-10(9)12-8-11(13)6-2-3-7-11/h9-10,12-13H,2-8H2,1H3. The molecule has 2 aliphatic rings. The van der Waals surface area contributed by atoms with Gasteiger partial charge in [0.05, 0.1) is 5.60 Å². The highest BCUT2D eigenvalue weighted by atomic mass is 16.3. The van der Waals surface area contributed by atoms with Gasteiger partial charge in [-0.05, 0) is 31.6 Å². The minimum Gasteiger partial charge on any atom is -0.389 e. The number of nitrogens with one attached hydrogen (secondary N) is 1. The van der Waals surface area contributed by atoms with Gasteiger partial charge in [-0.2, -0.15) is 0 Å². The Balaban J connectivity index is 1.72. The Bertz CT molecular complexity index is 175. The van der Waals surface area contributed by atoms with Gasteiger partial charge in [-0.25, -0.2) is 0 Å². The summed E-state index contributed by atoms with van der Waals surface area (Å²) < 4.78 is 0. The Morgan fingerprint density at radius 2 is 2.00 bits per heavy atom.